The minimum atomic E-state index is -1.22. The maximum absolute atomic E-state index is 12.5. The first kappa shape index (κ1) is 16.0. The largest absolute Gasteiger partial charge is 0.477 e. The van der Waals surface area contributed by atoms with E-state index >= 15 is 0 Å². The van der Waals surface area contributed by atoms with Gasteiger partial charge in [-0.05, 0) is 34.4 Å². The van der Waals surface area contributed by atoms with Gasteiger partial charge >= 0.3 is 5.97 Å². The van der Waals surface area contributed by atoms with E-state index in [1.54, 1.807) is 24.3 Å². The van der Waals surface area contributed by atoms with Crippen LogP contribution >= 0.6 is 11.3 Å². The van der Waals surface area contributed by atoms with Crippen LogP contribution in [0.3, 0.4) is 0 Å². The zero-order valence-electron chi connectivity index (χ0n) is 13.3. The first-order valence-corrected chi connectivity index (χ1v) is 8.58. The van der Waals surface area contributed by atoms with Gasteiger partial charge in [0.05, 0.1) is 4.88 Å². The van der Waals surface area contributed by atoms with E-state index in [2.05, 4.69) is 10.5 Å². The summed E-state index contributed by atoms with van der Waals surface area (Å²) in [6.07, 6.45) is 0. The fourth-order valence-corrected chi connectivity index (χ4v) is 3.37. The number of nitrogens with zero attached hydrogens (tertiary/aromatic N) is 1. The van der Waals surface area contributed by atoms with Crippen LogP contribution in [0.25, 0.3) is 21.3 Å². The van der Waals surface area contributed by atoms with Gasteiger partial charge in [-0.2, -0.15) is 0 Å². The van der Waals surface area contributed by atoms with Crippen LogP contribution in [0.5, 0.6) is 0 Å². The Morgan fingerprint density at radius 1 is 1.04 bits per heavy atom. The van der Waals surface area contributed by atoms with Crippen molar-refractivity contribution in [3.8, 4) is 10.6 Å². The van der Waals surface area contributed by atoms with Gasteiger partial charge in [0.1, 0.15) is 5.69 Å². The topological polar surface area (TPSA) is 92.4 Å². The minimum Gasteiger partial charge on any atom is -0.477 e. The van der Waals surface area contributed by atoms with Crippen LogP contribution < -0.4 is 5.32 Å². The lowest BCUT2D eigenvalue weighted by molar-refractivity contribution is 0.0698. The number of thiophene rings is 1. The number of hydrogen-bond donors (Lipinski definition) is 2. The minimum absolute atomic E-state index is 0.165. The smallest absolute Gasteiger partial charge is 0.343 e. The molecule has 1 amide bonds. The number of benzene rings is 2. The second-order valence-electron chi connectivity index (χ2n) is 5.53. The molecule has 4 rings (SSSR count). The van der Waals surface area contributed by atoms with E-state index in [0.29, 0.717) is 10.4 Å². The molecule has 2 heterocycles. The Balaban J connectivity index is 1.68. The molecule has 0 saturated heterocycles. The molecule has 0 aliphatic heterocycles. The Morgan fingerprint density at radius 2 is 1.85 bits per heavy atom. The molecule has 2 aromatic carbocycles. The van der Waals surface area contributed by atoms with E-state index in [0.717, 1.165) is 10.8 Å². The van der Waals surface area contributed by atoms with E-state index in [-0.39, 0.29) is 17.1 Å². The molecule has 4 aromatic rings. The number of nitrogens with one attached hydrogen (secondary N) is 1. The Morgan fingerprint density at radius 3 is 2.58 bits per heavy atom. The second-order valence-corrected chi connectivity index (χ2v) is 6.48. The summed E-state index contributed by atoms with van der Waals surface area (Å²) in [7, 11) is 0. The van der Waals surface area contributed by atoms with Gasteiger partial charge in [-0.1, -0.05) is 41.6 Å². The Kier molecular flexibility index (Phi) is 3.98. The number of carbonyl (C=O) groups is 2. The summed E-state index contributed by atoms with van der Waals surface area (Å²) in [5, 5.41) is 19.6. The molecule has 6 nitrogen and oxygen atoms in total. The molecule has 0 bridgehead atoms. The van der Waals surface area contributed by atoms with Crippen molar-refractivity contribution in [1.82, 2.24) is 5.16 Å². The normalized spacial score (nSPS) is 10.8. The first-order valence-electron chi connectivity index (χ1n) is 7.70. The second kappa shape index (κ2) is 6.45. The Hall–Kier alpha value is -3.45. The molecule has 0 unspecified atom stereocenters. The fourth-order valence-electron chi connectivity index (χ4n) is 2.66. The zero-order chi connectivity index (χ0) is 18.1. The van der Waals surface area contributed by atoms with E-state index in [1.807, 2.05) is 35.7 Å². The highest BCUT2D eigenvalue weighted by atomic mass is 32.1. The highest BCUT2D eigenvalue weighted by Crippen LogP contribution is 2.32. The number of amides is 1. The third-order valence-electron chi connectivity index (χ3n) is 3.90. The van der Waals surface area contributed by atoms with Crippen LogP contribution in [0.2, 0.25) is 0 Å². The quantitative estimate of drug-likeness (QED) is 0.556. The van der Waals surface area contributed by atoms with Crippen LogP contribution in [0.15, 0.2) is 64.5 Å². The highest BCUT2D eigenvalue weighted by Gasteiger charge is 2.26. The van der Waals surface area contributed by atoms with Crippen molar-refractivity contribution in [2.24, 2.45) is 0 Å². The average Bonchev–Trinajstić information content (AvgIpc) is 3.30. The molecule has 2 aromatic heterocycles. The lowest BCUT2D eigenvalue weighted by Crippen LogP contribution is -2.13. The van der Waals surface area contributed by atoms with Gasteiger partial charge in [0.15, 0.2) is 5.56 Å². The predicted molar refractivity (Wildman–Crippen MR) is 98.7 cm³/mol. The standard InChI is InChI=1S/C19H12N2O4S/c22-17(13-8-7-11-4-1-2-5-12(11)10-13)20-18-15(19(23)24)16(21-25-18)14-6-3-9-26-14/h1-10H,(H,20,22)(H,23,24). The molecule has 0 radical (unpaired) electrons. The number of carboxylic acid groups (broad SMARTS) is 1. The lowest BCUT2D eigenvalue weighted by Gasteiger charge is -2.04. The van der Waals surface area contributed by atoms with Crippen molar-refractivity contribution >= 4 is 39.9 Å². The van der Waals surface area contributed by atoms with E-state index < -0.39 is 11.9 Å². The third-order valence-corrected chi connectivity index (χ3v) is 4.78. The van der Waals surface area contributed by atoms with E-state index in [1.165, 1.54) is 11.3 Å². The SMILES string of the molecule is O=C(Nc1onc(-c2cccs2)c1C(=O)O)c1ccc2ccccc2c1. The maximum atomic E-state index is 12.5. The van der Waals surface area contributed by atoms with Crippen molar-refractivity contribution in [3.05, 3.63) is 71.1 Å². The van der Waals surface area contributed by atoms with Gasteiger partial charge in [-0.15, -0.1) is 11.3 Å². The fraction of sp³-hybridized carbons (Fsp3) is 0. The van der Waals surface area contributed by atoms with Crippen molar-refractivity contribution in [1.29, 1.82) is 0 Å². The highest BCUT2D eigenvalue weighted by molar-refractivity contribution is 7.13. The molecule has 0 aliphatic carbocycles. The number of aromatic carboxylic acids is 1. The van der Waals surface area contributed by atoms with Crippen LogP contribution in [0, 0.1) is 0 Å². The summed E-state index contributed by atoms with van der Waals surface area (Å²) in [6, 6.07) is 16.4. The van der Waals surface area contributed by atoms with Crippen molar-refractivity contribution in [2.75, 3.05) is 5.32 Å². The maximum Gasteiger partial charge on any atom is 0.343 e. The number of rotatable bonds is 4. The van der Waals surface area contributed by atoms with Gasteiger partial charge < -0.3 is 9.63 Å². The van der Waals surface area contributed by atoms with Gasteiger partial charge in [-0.25, -0.2) is 4.79 Å². The number of carbonyl (C=O) groups excluding carboxylic acids is 1. The molecule has 0 spiro atoms. The number of fused-ring (bicyclic) bond motifs is 1. The van der Waals surface area contributed by atoms with Crippen molar-refractivity contribution in [2.45, 2.75) is 0 Å². The molecule has 0 atom stereocenters. The molecular formula is C19H12N2O4S. The summed E-state index contributed by atoms with van der Waals surface area (Å²) in [5.74, 6) is -1.87. The number of carboxylic acids is 1. The van der Waals surface area contributed by atoms with Crippen molar-refractivity contribution in [3.63, 3.8) is 0 Å². The molecule has 128 valence electrons. The summed E-state index contributed by atoms with van der Waals surface area (Å²) in [6.45, 7) is 0. The zero-order valence-corrected chi connectivity index (χ0v) is 14.1. The molecule has 0 aliphatic rings. The molecule has 26 heavy (non-hydrogen) atoms. The Labute approximate surface area is 151 Å². The summed E-state index contributed by atoms with van der Waals surface area (Å²) < 4.78 is 5.10. The van der Waals surface area contributed by atoms with E-state index in [9.17, 15) is 14.7 Å². The van der Waals surface area contributed by atoms with Gasteiger partial charge in [0.2, 0.25) is 5.88 Å². The number of anilines is 1. The third kappa shape index (κ3) is 2.84. The van der Waals surface area contributed by atoms with Crippen LogP contribution in [0.4, 0.5) is 5.88 Å². The van der Waals surface area contributed by atoms with Crippen LogP contribution in [0.1, 0.15) is 20.7 Å². The van der Waals surface area contributed by atoms with Crippen molar-refractivity contribution < 1.29 is 19.2 Å². The molecule has 7 heteroatoms. The summed E-state index contributed by atoms with van der Waals surface area (Å²) >= 11 is 1.34. The monoisotopic (exact) mass is 364 g/mol. The van der Waals surface area contributed by atoms with Gasteiger partial charge in [0, 0.05) is 5.56 Å². The van der Waals surface area contributed by atoms with Crippen LogP contribution in [-0.2, 0) is 0 Å². The predicted octanol–water partition coefficient (Wildman–Crippen LogP) is 4.51. The molecule has 2 N–H and O–H groups in total. The molecular weight excluding hydrogens is 352 g/mol. The number of hydrogen-bond acceptors (Lipinski definition) is 5. The lowest BCUT2D eigenvalue weighted by atomic mass is 10.1. The number of aromatic nitrogens is 1. The molecule has 0 fully saturated rings. The molecule has 0 saturated carbocycles. The van der Waals surface area contributed by atoms with Gasteiger partial charge in [-0.3, -0.25) is 10.1 Å². The Bertz CT molecular complexity index is 1120. The van der Waals surface area contributed by atoms with Gasteiger partial charge in [0.25, 0.3) is 5.91 Å². The summed E-state index contributed by atoms with van der Waals surface area (Å²) in [5.41, 5.74) is 0.428. The van der Waals surface area contributed by atoms with E-state index in [4.69, 9.17) is 4.52 Å². The van der Waals surface area contributed by atoms with Crippen LogP contribution in [-0.4, -0.2) is 22.1 Å². The summed E-state index contributed by atoms with van der Waals surface area (Å²) in [4.78, 5) is 24.8. The first-order chi connectivity index (χ1) is 12.6. The average molecular weight is 364 g/mol.